The number of nitrogen functional groups attached to an aromatic ring is 2. The van der Waals surface area contributed by atoms with Crippen molar-refractivity contribution < 1.29 is 0 Å². The molecule has 2 aromatic carbocycles. The van der Waals surface area contributed by atoms with E-state index in [-0.39, 0.29) is 0 Å². The second-order valence-corrected chi connectivity index (χ2v) is 5.58. The lowest BCUT2D eigenvalue weighted by atomic mass is 10.3. The van der Waals surface area contributed by atoms with Gasteiger partial charge in [-0.25, -0.2) is 0 Å². The molecule has 0 aliphatic carbocycles. The van der Waals surface area contributed by atoms with Crippen molar-refractivity contribution in [2.45, 2.75) is 9.79 Å². The molecule has 0 heterocycles. The Balaban J connectivity index is 1.99. The molecule has 0 amide bonds. The molecule has 0 aliphatic heterocycles. The van der Waals surface area contributed by atoms with Gasteiger partial charge in [0.2, 0.25) is 0 Å². The van der Waals surface area contributed by atoms with Crippen LogP contribution in [0.2, 0.25) is 0 Å². The summed E-state index contributed by atoms with van der Waals surface area (Å²) in [6, 6.07) is 15.7. The summed E-state index contributed by atoms with van der Waals surface area (Å²) in [7, 11) is 3.39. The predicted molar refractivity (Wildman–Crippen MR) is 73.4 cm³/mol. The first-order valence-electron chi connectivity index (χ1n) is 4.79. The number of anilines is 2. The summed E-state index contributed by atoms with van der Waals surface area (Å²) in [6.45, 7) is 0. The van der Waals surface area contributed by atoms with Crippen molar-refractivity contribution in [3.63, 3.8) is 0 Å². The molecule has 0 bridgehead atoms. The van der Waals surface area contributed by atoms with E-state index in [2.05, 4.69) is 0 Å². The second kappa shape index (κ2) is 5.18. The number of nitrogens with two attached hydrogens (primary N) is 2. The lowest BCUT2D eigenvalue weighted by Crippen LogP contribution is -1.83. The lowest BCUT2D eigenvalue weighted by molar-refractivity contribution is 1.47. The molecule has 0 saturated heterocycles. The first kappa shape index (κ1) is 11.2. The minimum Gasteiger partial charge on any atom is -0.399 e. The molecule has 4 heteroatoms. The van der Waals surface area contributed by atoms with Crippen molar-refractivity contribution in [1.29, 1.82) is 0 Å². The van der Waals surface area contributed by atoms with Gasteiger partial charge in [0, 0.05) is 21.2 Å². The normalized spacial score (nSPS) is 10.2. The molecule has 0 atom stereocenters. The van der Waals surface area contributed by atoms with Crippen LogP contribution in [-0.2, 0) is 0 Å². The van der Waals surface area contributed by atoms with Gasteiger partial charge in [0.15, 0.2) is 0 Å². The molecule has 2 rings (SSSR count). The Labute approximate surface area is 103 Å². The highest BCUT2D eigenvalue weighted by molar-refractivity contribution is 8.76. The van der Waals surface area contributed by atoms with E-state index in [9.17, 15) is 0 Å². The Morgan fingerprint density at radius 1 is 0.688 bits per heavy atom. The highest BCUT2D eigenvalue weighted by Crippen LogP contribution is 2.37. The molecule has 2 nitrogen and oxygen atoms in total. The first-order valence-corrected chi connectivity index (χ1v) is 6.94. The van der Waals surface area contributed by atoms with Gasteiger partial charge in [-0.15, -0.1) is 0 Å². The number of benzene rings is 2. The van der Waals surface area contributed by atoms with Gasteiger partial charge >= 0.3 is 0 Å². The Morgan fingerprint density at radius 3 is 2.06 bits per heavy atom. The number of hydrogen-bond acceptors (Lipinski definition) is 4. The van der Waals surface area contributed by atoms with Crippen LogP contribution in [0.5, 0.6) is 0 Å². The van der Waals surface area contributed by atoms with E-state index < -0.39 is 0 Å². The summed E-state index contributed by atoms with van der Waals surface area (Å²) in [5.74, 6) is 0. The average Bonchev–Trinajstić information content (AvgIpc) is 2.28. The smallest absolute Gasteiger partial charge is 0.0325 e. The Kier molecular flexibility index (Phi) is 3.64. The third-order valence-corrected chi connectivity index (χ3v) is 4.37. The first-order chi connectivity index (χ1) is 7.74. The third-order valence-electron chi connectivity index (χ3n) is 1.97. The zero-order chi connectivity index (χ0) is 11.4. The summed E-state index contributed by atoms with van der Waals surface area (Å²) in [6.07, 6.45) is 0. The van der Waals surface area contributed by atoms with Gasteiger partial charge in [0.05, 0.1) is 0 Å². The summed E-state index contributed by atoms with van der Waals surface area (Å²) < 4.78 is 0. The van der Waals surface area contributed by atoms with Crippen LogP contribution in [0.15, 0.2) is 58.3 Å². The molecule has 2 aromatic rings. The van der Waals surface area contributed by atoms with E-state index in [1.165, 1.54) is 4.90 Å². The monoisotopic (exact) mass is 248 g/mol. The van der Waals surface area contributed by atoms with Gasteiger partial charge in [-0.1, -0.05) is 27.7 Å². The van der Waals surface area contributed by atoms with Gasteiger partial charge in [0.25, 0.3) is 0 Å². The van der Waals surface area contributed by atoms with Crippen LogP contribution in [0.1, 0.15) is 0 Å². The Hall–Kier alpha value is -1.26. The fraction of sp³-hybridized carbons (Fsp3) is 0. The van der Waals surface area contributed by atoms with Crippen molar-refractivity contribution in [1.82, 2.24) is 0 Å². The van der Waals surface area contributed by atoms with Crippen LogP contribution >= 0.6 is 21.6 Å². The molecule has 82 valence electrons. The quantitative estimate of drug-likeness (QED) is 0.643. The predicted octanol–water partition coefficient (Wildman–Crippen LogP) is 3.65. The minimum absolute atomic E-state index is 0.790. The van der Waals surface area contributed by atoms with Crippen molar-refractivity contribution in [2.24, 2.45) is 0 Å². The SMILES string of the molecule is Nc1ccc(SSc2cccc(N)c2)cc1. The molecule has 16 heavy (non-hydrogen) atoms. The summed E-state index contributed by atoms with van der Waals surface area (Å²) in [4.78, 5) is 2.34. The lowest BCUT2D eigenvalue weighted by Gasteiger charge is -2.02. The van der Waals surface area contributed by atoms with E-state index in [1.54, 1.807) is 21.6 Å². The minimum atomic E-state index is 0.790. The van der Waals surface area contributed by atoms with Gasteiger partial charge < -0.3 is 11.5 Å². The van der Waals surface area contributed by atoms with Gasteiger partial charge in [-0.3, -0.25) is 0 Å². The van der Waals surface area contributed by atoms with E-state index >= 15 is 0 Å². The summed E-state index contributed by atoms with van der Waals surface area (Å²) in [5, 5.41) is 0. The Morgan fingerprint density at radius 2 is 1.38 bits per heavy atom. The highest BCUT2D eigenvalue weighted by atomic mass is 33.1. The largest absolute Gasteiger partial charge is 0.399 e. The maximum atomic E-state index is 5.71. The van der Waals surface area contributed by atoms with E-state index in [0.29, 0.717) is 0 Å². The van der Waals surface area contributed by atoms with Crippen LogP contribution < -0.4 is 11.5 Å². The maximum absolute atomic E-state index is 5.71. The number of hydrogen-bond donors (Lipinski definition) is 2. The fourth-order valence-electron chi connectivity index (χ4n) is 1.19. The van der Waals surface area contributed by atoms with Gasteiger partial charge in [-0.2, -0.15) is 0 Å². The standard InChI is InChI=1S/C12H12N2S2/c13-9-4-6-11(7-5-9)15-16-12-3-1-2-10(14)8-12/h1-8H,13-14H2. The molecule has 4 N–H and O–H groups in total. The maximum Gasteiger partial charge on any atom is 0.0325 e. The molecule has 0 aromatic heterocycles. The molecule has 0 aliphatic rings. The van der Waals surface area contributed by atoms with E-state index in [4.69, 9.17) is 11.5 Å². The van der Waals surface area contributed by atoms with Crippen LogP contribution in [0.25, 0.3) is 0 Å². The fourth-order valence-corrected chi connectivity index (χ4v) is 3.17. The van der Waals surface area contributed by atoms with Crippen LogP contribution in [0.3, 0.4) is 0 Å². The summed E-state index contributed by atoms with van der Waals surface area (Å²) in [5.41, 5.74) is 12.9. The van der Waals surface area contributed by atoms with E-state index in [0.717, 1.165) is 16.3 Å². The van der Waals surface area contributed by atoms with Crippen LogP contribution in [0, 0.1) is 0 Å². The van der Waals surface area contributed by atoms with Crippen LogP contribution in [-0.4, -0.2) is 0 Å². The molecule has 0 saturated carbocycles. The second-order valence-electron chi connectivity index (χ2n) is 3.31. The van der Waals surface area contributed by atoms with Crippen molar-refractivity contribution >= 4 is 33.0 Å². The van der Waals surface area contributed by atoms with Crippen molar-refractivity contribution in [3.05, 3.63) is 48.5 Å². The van der Waals surface area contributed by atoms with Crippen molar-refractivity contribution in [2.75, 3.05) is 11.5 Å². The molecule has 0 fully saturated rings. The zero-order valence-electron chi connectivity index (χ0n) is 8.59. The number of rotatable bonds is 3. The van der Waals surface area contributed by atoms with Gasteiger partial charge in [-0.05, 0) is 42.5 Å². The van der Waals surface area contributed by atoms with E-state index in [1.807, 2.05) is 48.5 Å². The van der Waals surface area contributed by atoms with Crippen LogP contribution in [0.4, 0.5) is 11.4 Å². The van der Waals surface area contributed by atoms with Gasteiger partial charge in [0.1, 0.15) is 0 Å². The highest BCUT2D eigenvalue weighted by Gasteiger charge is 1.97. The molecular formula is C12H12N2S2. The topological polar surface area (TPSA) is 52.0 Å². The Bertz CT molecular complexity index is 469. The molecule has 0 unspecified atom stereocenters. The third kappa shape index (κ3) is 3.12. The molecular weight excluding hydrogens is 236 g/mol. The molecule has 0 radical (unpaired) electrons. The average molecular weight is 248 g/mol. The van der Waals surface area contributed by atoms with Crippen molar-refractivity contribution in [3.8, 4) is 0 Å². The zero-order valence-corrected chi connectivity index (χ0v) is 10.2. The molecule has 0 spiro atoms. The summed E-state index contributed by atoms with van der Waals surface area (Å²) >= 11 is 0.